The van der Waals surface area contributed by atoms with Gasteiger partial charge < -0.3 is 10.6 Å². The third kappa shape index (κ3) is 2.67. The van der Waals surface area contributed by atoms with E-state index in [4.69, 9.17) is 0 Å². The summed E-state index contributed by atoms with van der Waals surface area (Å²) in [6.07, 6.45) is 2.14. The highest BCUT2D eigenvalue weighted by atomic mass is 16.2. The lowest BCUT2D eigenvalue weighted by Gasteiger charge is -2.22. The Morgan fingerprint density at radius 2 is 2.31 bits per heavy atom. The zero-order chi connectivity index (χ0) is 9.68. The van der Waals surface area contributed by atoms with Crippen molar-refractivity contribution in [1.29, 1.82) is 0 Å². The smallest absolute Gasteiger partial charge is 0.237 e. The van der Waals surface area contributed by atoms with Crippen LogP contribution in [0.1, 0.15) is 12.8 Å². The molecule has 1 atom stereocenters. The normalized spacial score (nSPS) is 23.4. The van der Waals surface area contributed by atoms with Gasteiger partial charge in [0.15, 0.2) is 0 Å². The highest BCUT2D eigenvalue weighted by Gasteiger charge is 2.28. The van der Waals surface area contributed by atoms with Gasteiger partial charge in [-0.2, -0.15) is 0 Å². The van der Waals surface area contributed by atoms with Gasteiger partial charge in [-0.3, -0.25) is 9.69 Å². The van der Waals surface area contributed by atoms with Crippen molar-refractivity contribution >= 4 is 5.91 Å². The molecule has 1 aliphatic heterocycles. The SMILES string of the molecule is CNCCN1CCCC1C(=O)NC. The molecule has 1 rings (SSSR count). The number of hydrogen-bond acceptors (Lipinski definition) is 3. The van der Waals surface area contributed by atoms with Crippen molar-refractivity contribution in [3.05, 3.63) is 0 Å². The number of amides is 1. The van der Waals surface area contributed by atoms with Gasteiger partial charge in [-0.1, -0.05) is 0 Å². The van der Waals surface area contributed by atoms with Crippen molar-refractivity contribution in [2.24, 2.45) is 0 Å². The van der Waals surface area contributed by atoms with Gasteiger partial charge in [-0.05, 0) is 26.4 Å². The number of rotatable bonds is 4. The average molecular weight is 185 g/mol. The average Bonchev–Trinajstić information content (AvgIpc) is 2.61. The minimum absolute atomic E-state index is 0.110. The molecular weight excluding hydrogens is 166 g/mol. The zero-order valence-corrected chi connectivity index (χ0v) is 8.47. The van der Waals surface area contributed by atoms with Crippen LogP contribution in [0, 0.1) is 0 Å². The molecule has 1 aliphatic rings. The van der Waals surface area contributed by atoms with Crippen molar-refractivity contribution in [2.45, 2.75) is 18.9 Å². The van der Waals surface area contributed by atoms with Gasteiger partial charge in [0.1, 0.15) is 0 Å². The largest absolute Gasteiger partial charge is 0.358 e. The van der Waals surface area contributed by atoms with Crippen LogP contribution < -0.4 is 10.6 Å². The minimum atomic E-state index is 0.110. The van der Waals surface area contributed by atoms with Gasteiger partial charge >= 0.3 is 0 Å². The van der Waals surface area contributed by atoms with Crippen molar-refractivity contribution in [3.8, 4) is 0 Å². The Bertz CT molecular complexity index is 172. The van der Waals surface area contributed by atoms with E-state index in [0.717, 1.165) is 32.5 Å². The lowest BCUT2D eigenvalue weighted by atomic mass is 10.2. The van der Waals surface area contributed by atoms with E-state index in [1.165, 1.54) is 0 Å². The van der Waals surface area contributed by atoms with E-state index in [1.807, 2.05) is 7.05 Å². The van der Waals surface area contributed by atoms with Gasteiger partial charge in [0.25, 0.3) is 0 Å². The molecule has 0 aromatic carbocycles. The summed E-state index contributed by atoms with van der Waals surface area (Å²) in [6.45, 7) is 2.97. The standard InChI is InChI=1S/C9H19N3O/c1-10-5-7-12-6-3-4-8(12)9(13)11-2/h8,10H,3-7H2,1-2H3,(H,11,13). The second-order valence-electron chi connectivity index (χ2n) is 3.41. The molecule has 13 heavy (non-hydrogen) atoms. The molecule has 4 nitrogen and oxygen atoms in total. The fourth-order valence-electron chi connectivity index (χ4n) is 1.81. The van der Waals surface area contributed by atoms with Crippen molar-refractivity contribution in [2.75, 3.05) is 33.7 Å². The highest BCUT2D eigenvalue weighted by Crippen LogP contribution is 2.16. The summed E-state index contributed by atoms with van der Waals surface area (Å²) in [5.41, 5.74) is 0. The third-order valence-electron chi connectivity index (χ3n) is 2.56. The predicted octanol–water partition coefficient (Wildman–Crippen LogP) is -0.584. The predicted molar refractivity (Wildman–Crippen MR) is 52.6 cm³/mol. The molecule has 0 saturated carbocycles. The molecule has 1 heterocycles. The van der Waals surface area contributed by atoms with Gasteiger partial charge in [-0.25, -0.2) is 0 Å². The van der Waals surface area contributed by atoms with Crippen LogP contribution in [0.25, 0.3) is 0 Å². The third-order valence-corrected chi connectivity index (χ3v) is 2.56. The van der Waals surface area contributed by atoms with E-state index in [-0.39, 0.29) is 11.9 Å². The number of hydrogen-bond donors (Lipinski definition) is 2. The Morgan fingerprint density at radius 1 is 1.54 bits per heavy atom. The first-order chi connectivity index (χ1) is 6.29. The maximum absolute atomic E-state index is 11.4. The highest BCUT2D eigenvalue weighted by molar-refractivity contribution is 5.81. The summed E-state index contributed by atoms with van der Waals surface area (Å²) in [6, 6.07) is 0.110. The number of carbonyl (C=O) groups excluding carboxylic acids is 1. The molecule has 76 valence electrons. The fraction of sp³-hybridized carbons (Fsp3) is 0.889. The van der Waals surface area contributed by atoms with E-state index in [2.05, 4.69) is 15.5 Å². The van der Waals surface area contributed by atoms with Gasteiger partial charge in [0.05, 0.1) is 6.04 Å². The quantitative estimate of drug-likeness (QED) is 0.615. The van der Waals surface area contributed by atoms with Crippen LogP contribution in [0.3, 0.4) is 0 Å². The summed E-state index contributed by atoms with van der Waals surface area (Å²) in [4.78, 5) is 13.7. The molecule has 4 heteroatoms. The van der Waals surface area contributed by atoms with E-state index in [0.29, 0.717) is 0 Å². The topological polar surface area (TPSA) is 44.4 Å². The van der Waals surface area contributed by atoms with Crippen LogP contribution in [0.5, 0.6) is 0 Å². The van der Waals surface area contributed by atoms with Crippen LogP contribution in [0.15, 0.2) is 0 Å². The number of likely N-dealkylation sites (tertiary alicyclic amines) is 1. The monoisotopic (exact) mass is 185 g/mol. The summed E-state index contributed by atoms with van der Waals surface area (Å²) in [5.74, 6) is 0.161. The second kappa shape index (κ2) is 5.19. The Balaban J connectivity index is 2.39. The van der Waals surface area contributed by atoms with Crippen molar-refractivity contribution in [3.63, 3.8) is 0 Å². The molecule has 1 saturated heterocycles. The zero-order valence-electron chi connectivity index (χ0n) is 8.47. The van der Waals surface area contributed by atoms with Gasteiger partial charge in [0, 0.05) is 20.1 Å². The number of likely N-dealkylation sites (N-methyl/N-ethyl adjacent to an activating group) is 2. The van der Waals surface area contributed by atoms with E-state index in [9.17, 15) is 4.79 Å². The second-order valence-corrected chi connectivity index (χ2v) is 3.41. The number of nitrogens with zero attached hydrogens (tertiary/aromatic N) is 1. The maximum Gasteiger partial charge on any atom is 0.237 e. The molecule has 1 unspecified atom stereocenters. The first-order valence-electron chi connectivity index (χ1n) is 4.90. The Hall–Kier alpha value is -0.610. The molecule has 0 radical (unpaired) electrons. The van der Waals surface area contributed by atoms with Crippen molar-refractivity contribution < 1.29 is 4.79 Å². The molecular formula is C9H19N3O. The fourth-order valence-corrected chi connectivity index (χ4v) is 1.81. The lowest BCUT2D eigenvalue weighted by molar-refractivity contribution is -0.124. The number of nitrogens with one attached hydrogen (secondary N) is 2. The van der Waals surface area contributed by atoms with Crippen LogP contribution in [0.2, 0.25) is 0 Å². The molecule has 1 fully saturated rings. The van der Waals surface area contributed by atoms with Crippen LogP contribution in [0.4, 0.5) is 0 Å². The summed E-state index contributed by atoms with van der Waals surface area (Å²) in [5, 5.41) is 5.81. The first kappa shape index (κ1) is 10.5. The summed E-state index contributed by atoms with van der Waals surface area (Å²) >= 11 is 0. The minimum Gasteiger partial charge on any atom is -0.358 e. The Morgan fingerprint density at radius 3 is 2.92 bits per heavy atom. The molecule has 0 spiro atoms. The van der Waals surface area contributed by atoms with Gasteiger partial charge in [0.2, 0.25) is 5.91 Å². The maximum atomic E-state index is 11.4. The molecule has 0 bridgehead atoms. The molecule has 0 aromatic heterocycles. The molecule has 0 aliphatic carbocycles. The van der Waals surface area contributed by atoms with Crippen LogP contribution in [-0.2, 0) is 4.79 Å². The van der Waals surface area contributed by atoms with E-state index < -0.39 is 0 Å². The van der Waals surface area contributed by atoms with Crippen molar-refractivity contribution in [1.82, 2.24) is 15.5 Å². The van der Waals surface area contributed by atoms with E-state index in [1.54, 1.807) is 7.05 Å². The molecule has 0 aromatic rings. The molecule has 2 N–H and O–H groups in total. The van der Waals surface area contributed by atoms with Gasteiger partial charge in [-0.15, -0.1) is 0 Å². The summed E-state index contributed by atoms with van der Waals surface area (Å²) < 4.78 is 0. The van der Waals surface area contributed by atoms with Crippen LogP contribution in [-0.4, -0.2) is 50.6 Å². The Labute approximate surface area is 79.7 Å². The first-order valence-corrected chi connectivity index (χ1v) is 4.90. The lowest BCUT2D eigenvalue weighted by Crippen LogP contribution is -2.44. The number of carbonyl (C=O) groups is 1. The summed E-state index contributed by atoms with van der Waals surface area (Å²) in [7, 11) is 3.64. The molecule has 1 amide bonds. The van der Waals surface area contributed by atoms with Crippen LogP contribution >= 0.6 is 0 Å². The Kier molecular flexibility index (Phi) is 4.18. The van der Waals surface area contributed by atoms with E-state index >= 15 is 0 Å².